The molecule has 2 atom stereocenters. The zero-order chi connectivity index (χ0) is 10.6. The van der Waals surface area contributed by atoms with E-state index in [1.807, 2.05) is 13.8 Å². The SMILES string of the molecule is CC[C@@H](N)c1nc(CC(C)OC)no1. The Balaban J connectivity index is 2.59. The predicted molar refractivity (Wildman–Crippen MR) is 51.7 cm³/mol. The molecule has 0 saturated heterocycles. The van der Waals surface area contributed by atoms with Crippen LogP contribution in [0.4, 0.5) is 0 Å². The van der Waals surface area contributed by atoms with E-state index in [1.54, 1.807) is 7.11 Å². The average molecular weight is 199 g/mol. The monoisotopic (exact) mass is 199 g/mol. The molecule has 1 heterocycles. The second kappa shape index (κ2) is 5.07. The highest BCUT2D eigenvalue weighted by atomic mass is 16.5. The fraction of sp³-hybridized carbons (Fsp3) is 0.778. The van der Waals surface area contributed by atoms with Crippen molar-refractivity contribution in [3.05, 3.63) is 11.7 Å². The molecule has 14 heavy (non-hydrogen) atoms. The van der Waals surface area contributed by atoms with Crippen molar-refractivity contribution in [1.29, 1.82) is 0 Å². The van der Waals surface area contributed by atoms with Gasteiger partial charge in [-0.15, -0.1) is 0 Å². The highest BCUT2D eigenvalue weighted by molar-refractivity contribution is 4.92. The molecule has 5 nitrogen and oxygen atoms in total. The molecule has 0 aliphatic heterocycles. The summed E-state index contributed by atoms with van der Waals surface area (Å²) in [5.41, 5.74) is 5.74. The van der Waals surface area contributed by atoms with Crippen molar-refractivity contribution in [2.24, 2.45) is 5.73 Å². The van der Waals surface area contributed by atoms with Crippen LogP contribution < -0.4 is 5.73 Å². The molecule has 0 aliphatic rings. The van der Waals surface area contributed by atoms with E-state index >= 15 is 0 Å². The van der Waals surface area contributed by atoms with Gasteiger partial charge in [0.2, 0.25) is 5.89 Å². The summed E-state index contributed by atoms with van der Waals surface area (Å²) in [4.78, 5) is 4.19. The van der Waals surface area contributed by atoms with Gasteiger partial charge < -0.3 is 15.0 Å². The largest absolute Gasteiger partial charge is 0.381 e. The van der Waals surface area contributed by atoms with E-state index in [9.17, 15) is 0 Å². The molecule has 0 spiro atoms. The summed E-state index contributed by atoms with van der Waals surface area (Å²) in [7, 11) is 1.66. The minimum Gasteiger partial charge on any atom is -0.381 e. The van der Waals surface area contributed by atoms with E-state index in [2.05, 4.69) is 10.1 Å². The maximum absolute atomic E-state index is 5.74. The Hall–Kier alpha value is -0.940. The van der Waals surface area contributed by atoms with Crippen LogP contribution in [-0.4, -0.2) is 23.4 Å². The first-order valence-corrected chi connectivity index (χ1v) is 4.78. The third kappa shape index (κ3) is 2.78. The molecule has 0 amide bonds. The molecule has 0 radical (unpaired) electrons. The quantitative estimate of drug-likeness (QED) is 0.767. The number of aromatic nitrogens is 2. The maximum atomic E-state index is 5.74. The molecule has 0 saturated carbocycles. The summed E-state index contributed by atoms with van der Waals surface area (Å²) < 4.78 is 10.1. The fourth-order valence-corrected chi connectivity index (χ4v) is 1.02. The third-order valence-electron chi connectivity index (χ3n) is 2.11. The normalized spacial score (nSPS) is 15.4. The second-order valence-electron chi connectivity index (χ2n) is 3.31. The number of hydrogen-bond acceptors (Lipinski definition) is 5. The minimum atomic E-state index is -0.158. The van der Waals surface area contributed by atoms with Gasteiger partial charge >= 0.3 is 0 Å². The van der Waals surface area contributed by atoms with Gasteiger partial charge in [-0.2, -0.15) is 4.98 Å². The van der Waals surface area contributed by atoms with E-state index < -0.39 is 0 Å². The lowest BCUT2D eigenvalue weighted by Crippen LogP contribution is -2.11. The Bertz CT molecular complexity index is 275. The summed E-state index contributed by atoms with van der Waals surface area (Å²) in [5, 5.41) is 3.83. The lowest BCUT2D eigenvalue weighted by molar-refractivity contribution is 0.116. The van der Waals surface area contributed by atoms with E-state index in [0.29, 0.717) is 18.1 Å². The van der Waals surface area contributed by atoms with Crippen LogP contribution in [0.3, 0.4) is 0 Å². The van der Waals surface area contributed by atoms with Crippen LogP contribution in [0.25, 0.3) is 0 Å². The van der Waals surface area contributed by atoms with Gasteiger partial charge in [-0.3, -0.25) is 0 Å². The smallest absolute Gasteiger partial charge is 0.243 e. The first-order valence-electron chi connectivity index (χ1n) is 4.78. The highest BCUT2D eigenvalue weighted by Crippen LogP contribution is 2.11. The number of rotatable bonds is 5. The molecule has 1 unspecified atom stereocenters. The molecular formula is C9H17N3O2. The number of hydrogen-bond donors (Lipinski definition) is 1. The van der Waals surface area contributed by atoms with Gasteiger partial charge in [0.15, 0.2) is 5.82 Å². The van der Waals surface area contributed by atoms with Gasteiger partial charge in [0.25, 0.3) is 0 Å². The third-order valence-corrected chi connectivity index (χ3v) is 2.11. The zero-order valence-electron chi connectivity index (χ0n) is 8.86. The number of nitrogens with two attached hydrogens (primary N) is 1. The van der Waals surface area contributed by atoms with Crippen LogP contribution in [-0.2, 0) is 11.2 Å². The van der Waals surface area contributed by atoms with Gasteiger partial charge in [-0.05, 0) is 13.3 Å². The Morgan fingerprint density at radius 2 is 2.29 bits per heavy atom. The van der Waals surface area contributed by atoms with Crippen LogP contribution in [0.1, 0.15) is 38.0 Å². The first kappa shape index (κ1) is 11.1. The number of ether oxygens (including phenoxy) is 1. The molecule has 5 heteroatoms. The molecule has 2 N–H and O–H groups in total. The van der Waals surface area contributed by atoms with E-state index in [-0.39, 0.29) is 12.1 Å². The Kier molecular flexibility index (Phi) is 4.03. The topological polar surface area (TPSA) is 74.2 Å². The Morgan fingerprint density at radius 3 is 2.86 bits per heavy atom. The van der Waals surface area contributed by atoms with Crippen LogP contribution in [0.2, 0.25) is 0 Å². The van der Waals surface area contributed by atoms with Crippen LogP contribution in [0.5, 0.6) is 0 Å². The van der Waals surface area contributed by atoms with Gasteiger partial charge in [0.1, 0.15) is 0 Å². The molecule has 0 aliphatic carbocycles. The summed E-state index contributed by atoms with van der Waals surface area (Å²) in [5.74, 6) is 1.16. The molecule has 0 fully saturated rings. The van der Waals surface area contributed by atoms with Gasteiger partial charge in [0.05, 0.1) is 12.1 Å². The second-order valence-corrected chi connectivity index (χ2v) is 3.31. The molecule has 0 aromatic carbocycles. The van der Waals surface area contributed by atoms with Crippen LogP contribution >= 0.6 is 0 Å². The zero-order valence-corrected chi connectivity index (χ0v) is 8.86. The molecule has 1 aromatic rings. The summed E-state index contributed by atoms with van der Waals surface area (Å²) in [6.07, 6.45) is 1.54. The average Bonchev–Trinajstić information content (AvgIpc) is 2.65. The van der Waals surface area contributed by atoms with E-state index in [4.69, 9.17) is 15.0 Å². The van der Waals surface area contributed by atoms with Gasteiger partial charge in [0, 0.05) is 13.5 Å². The van der Waals surface area contributed by atoms with Crippen molar-refractivity contribution in [3.63, 3.8) is 0 Å². The minimum absolute atomic E-state index is 0.0956. The molecule has 80 valence electrons. The Labute approximate surface area is 83.6 Å². The lowest BCUT2D eigenvalue weighted by atomic mass is 10.2. The first-order chi connectivity index (χ1) is 6.67. The molecular weight excluding hydrogens is 182 g/mol. The maximum Gasteiger partial charge on any atom is 0.243 e. The molecule has 1 rings (SSSR count). The highest BCUT2D eigenvalue weighted by Gasteiger charge is 2.14. The molecule has 0 bridgehead atoms. The van der Waals surface area contributed by atoms with Crippen molar-refractivity contribution in [3.8, 4) is 0 Å². The van der Waals surface area contributed by atoms with Crippen molar-refractivity contribution in [2.45, 2.75) is 38.8 Å². The van der Waals surface area contributed by atoms with Crippen molar-refractivity contribution >= 4 is 0 Å². The van der Waals surface area contributed by atoms with Crippen LogP contribution in [0.15, 0.2) is 4.52 Å². The summed E-state index contributed by atoms with van der Waals surface area (Å²) >= 11 is 0. The fourth-order valence-electron chi connectivity index (χ4n) is 1.02. The van der Waals surface area contributed by atoms with Crippen LogP contribution in [0, 0.1) is 0 Å². The summed E-state index contributed by atoms with van der Waals surface area (Å²) in [6, 6.07) is -0.158. The van der Waals surface area contributed by atoms with Crippen molar-refractivity contribution in [2.75, 3.05) is 7.11 Å². The number of nitrogens with zero attached hydrogens (tertiary/aromatic N) is 2. The lowest BCUT2D eigenvalue weighted by Gasteiger charge is -2.04. The number of methoxy groups -OCH3 is 1. The summed E-state index contributed by atoms with van der Waals surface area (Å²) in [6.45, 7) is 3.93. The van der Waals surface area contributed by atoms with Crippen molar-refractivity contribution in [1.82, 2.24) is 10.1 Å². The van der Waals surface area contributed by atoms with E-state index in [1.165, 1.54) is 0 Å². The van der Waals surface area contributed by atoms with Gasteiger partial charge in [-0.25, -0.2) is 0 Å². The standard InChI is InChI=1S/C9H17N3O2/c1-4-7(10)9-11-8(12-14-9)5-6(2)13-3/h6-7H,4-5,10H2,1-3H3/t6?,7-/m1/s1. The van der Waals surface area contributed by atoms with Crippen molar-refractivity contribution < 1.29 is 9.26 Å². The Morgan fingerprint density at radius 1 is 1.57 bits per heavy atom. The molecule has 1 aromatic heterocycles. The van der Waals surface area contributed by atoms with Gasteiger partial charge in [-0.1, -0.05) is 12.1 Å². The predicted octanol–water partition coefficient (Wildman–Crippen LogP) is 1.06. The van der Waals surface area contributed by atoms with E-state index in [0.717, 1.165) is 6.42 Å².